The third-order valence-corrected chi connectivity index (χ3v) is 5.25. The Morgan fingerprint density at radius 1 is 1.06 bits per heavy atom. The SMILES string of the molecule is CCOC(=O)N1CCC(NC(=O)COC(=O)[C@@H](NC(=O)c2ccc(C)cc2)C(C)C)CC1. The molecule has 1 fully saturated rings. The molecule has 0 radical (unpaired) electrons. The molecule has 1 aromatic carbocycles. The molecule has 9 heteroatoms. The summed E-state index contributed by atoms with van der Waals surface area (Å²) >= 11 is 0. The smallest absolute Gasteiger partial charge is 0.409 e. The zero-order valence-electron chi connectivity index (χ0n) is 19.2. The summed E-state index contributed by atoms with van der Waals surface area (Å²) in [6, 6.07) is 6.04. The first-order valence-corrected chi connectivity index (χ1v) is 11.0. The Labute approximate surface area is 188 Å². The molecule has 9 nitrogen and oxygen atoms in total. The molecule has 0 bridgehead atoms. The van der Waals surface area contributed by atoms with Crippen LogP contribution in [0.1, 0.15) is 49.5 Å². The first-order chi connectivity index (χ1) is 15.2. The predicted molar refractivity (Wildman–Crippen MR) is 118 cm³/mol. The summed E-state index contributed by atoms with van der Waals surface area (Å²) in [6.45, 7) is 8.13. The Morgan fingerprint density at radius 2 is 1.69 bits per heavy atom. The lowest BCUT2D eigenvalue weighted by molar-refractivity contribution is -0.151. The maximum atomic E-state index is 12.5. The molecule has 0 spiro atoms. The molecule has 0 aromatic heterocycles. The van der Waals surface area contributed by atoms with Gasteiger partial charge in [0, 0.05) is 24.7 Å². The maximum Gasteiger partial charge on any atom is 0.409 e. The average Bonchev–Trinajstić information content (AvgIpc) is 2.76. The van der Waals surface area contributed by atoms with Gasteiger partial charge >= 0.3 is 12.1 Å². The Kier molecular flexibility index (Phi) is 9.49. The van der Waals surface area contributed by atoms with Crippen molar-refractivity contribution in [2.75, 3.05) is 26.3 Å². The number of amides is 3. The minimum Gasteiger partial charge on any atom is -0.454 e. The Balaban J connectivity index is 1.79. The third kappa shape index (κ3) is 7.55. The summed E-state index contributed by atoms with van der Waals surface area (Å²) in [5.41, 5.74) is 1.47. The lowest BCUT2D eigenvalue weighted by atomic mass is 10.0. The van der Waals surface area contributed by atoms with Crippen molar-refractivity contribution in [1.82, 2.24) is 15.5 Å². The molecule has 1 aromatic rings. The van der Waals surface area contributed by atoms with Crippen LogP contribution >= 0.6 is 0 Å². The molecule has 32 heavy (non-hydrogen) atoms. The molecule has 0 unspecified atom stereocenters. The van der Waals surface area contributed by atoms with Crippen LogP contribution in [0.5, 0.6) is 0 Å². The van der Waals surface area contributed by atoms with E-state index in [0.717, 1.165) is 5.56 Å². The van der Waals surface area contributed by atoms with Gasteiger partial charge in [-0.1, -0.05) is 31.5 Å². The van der Waals surface area contributed by atoms with Crippen LogP contribution in [0.25, 0.3) is 0 Å². The highest BCUT2D eigenvalue weighted by atomic mass is 16.6. The minimum absolute atomic E-state index is 0.103. The molecular weight excluding hydrogens is 414 g/mol. The number of carbonyl (C=O) groups excluding carboxylic acids is 4. The molecule has 176 valence electrons. The van der Waals surface area contributed by atoms with Crippen molar-refractivity contribution in [2.24, 2.45) is 5.92 Å². The van der Waals surface area contributed by atoms with Gasteiger partial charge in [0.15, 0.2) is 6.61 Å². The van der Waals surface area contributed by atoms with E-state index in [1.807, 2.05) is 19.1 Å². The highest BCUT2D eigenvalue weighted by Crippen LogP contribution is 2.12. The molecule has 1 aliphatic rings. The van der Waals surface area contributed by atoms with Crippen LogP contribution in [0.15, 0.2) is 24.3 Å². The first-order valence-electron chi connectivity index (χ1n) is 11.0. The number of ether oxygens (including phenoxy) is 2. The van der Waals surface area contributed by atoms with Crippen LogP contribution < -0.4 is 10.6 Å². The largest absolute Gasteiger partial charge is 0.454 e. The predicted octanol–water partition coefficient (Wildman–Crippen LogP) is 2.03. The van der Waals surface area contributed by atoms with Crippen molar-refractivity contribution < 1.29 is 28.7 Å². The van der Waals surface area contributed by atoms with Gasteiger partial charge < -0.3 is 25.0 Å². The van der Waals surface area contributed by atoms with E-state index in [4.69, 9.17) is 9.47 Å². The number of nitrogens with zero attached hydrogens (tertiary/aromatic N) is 1. The minimum atomic E-state index is -0.871. The van der Waals surface area contributed by atoms with Crippen LogP contribution in [0.2, 0.25) is 0 Å². The van der Waals surface area contributed by atoms with E-state index in [1.165, 1.54) is 0 Å². The van der Waals surface area contributed by atoms with Gasteiger partial charge in [-0.15, -0.1) is 0 Å². The zero-order chi connectivity index (χ0) is 23.7. The standard InChI is InChI=1S/C23H33N3O6/c1-5-31-23(30)26-12-10-18(11-13-26)24-19(27)14-32-22(29)20(15(2)3)25-21(28)17-8-6-16(4)7-9-17/h6-9,15,18,20H,5,10-14H2,1-4H3,(H,24,27)(H,25,28)/t20-/m0/s1. The van der Waals surface area contributed by atoms with Crippen LogP contribution in [0.3, 0.4) is 0 Å². The quantitative estimate of drug-likeness (QED) is 0.590. The van der Waals surface area contributed by atoms with Gasteiger partial charge in [0.2, 0.25) is 0 Å². The summed E-state index contributed by atoms with van der Waals surface area (Å²) in [4.78, 5) is 50.5. The fourth-order valence-corrected chi connectivity index (χ4v) is 3.34. The summed E-state index contributed by atoms with van der Waals surface area (Å²) < 4.78 is 10.1. The lowest BCUT2D eigenvalue weighted by Crippen LogP contribution is -2.48. The lowest BCUT2D eigenvalue weighted by Gasteiger charge is -2.31. The summed E-state index contributed by atoms with van der Waals surface area (Å²) in [7, 11) is 0. The number of hydrogen-bond donors (Lipinski definition) is 2. The fraction of sp³-hybridized carbons (Fsp3) is 0.565. The Hall–Kier alpha value is -3.10. The number of carbonyl (C=O) groups is 4. The van der Waals surface area contributed by atoms with E-state index in [1.54, 1.807) is 37.8 Å². The molecule has 2 N–H and O–H groups in total. The van der Waals surface area contributed by atoms with Gasteiger partial charge in [-0.25, -0.2) is 9.59 Å². The van der Waals surface area contributed by atoms with Crippen molar-refractivity contribution in [3.05, 3.63) is 35.4 Å². The highest BCUT2D eigenvalue weighted by Gasteiger charge is 2.28. The van der Waals surface area contributed by atoms with Crippen molar-refractivity contribution in [2.45, 2.75) is 52.6 Å². The molecule has 1 heterocycles. The van der Waals surface area contributed by atoms with Crippen LogP contribution in [0.4, 0.5) is 4.79 Å². The summed E-state index contributed by atoms with van der Waals surface area (Å²) in [5, 5.41) is 5.51. The Morgan fingerprint density at radius 3 is 2.25 bits per heavy atom. The topological polar surface area (TPSA) is 114 Å². The second-order valence-electron chi connectivity index (χ2n) is 8.20. The molecule has 1 atom stereocenters. The molecule has 1 aliphatic heterocycles. The van der Waals surface area contributed by atoms with Gasteiger partial charge in [-0.2, -0.15) is 0 Å². The van der Waals surface area contributed by atoms with Crippen molar-refractivity contribution in [3.63, 3.8) is 0 Å². The van der Waals surface area contributed by atoms with Crippen LogP contribution in [-0.2, 0) is 19.1 Å². The maximum absolute atomic E-state index is 12.5. The highest BCUT2D eigenvalue weighted by molar-refractivity contribution is 5.97. The number of hydrogen-bond acceptors (Lipinski definition) is 6. The molecule has 3 amide bonds. The summed E-state index contributed by atoms with van der Waals surface area (Å²) in [5.74, 6) is -1.67. The van der Waals surface area contributed by atoms with Crippen molar-refractivity contribution in [1.29, 1.82) is 0 Å². The van der Waals surface area contributed by atoms with Gasteiger partial charge in [0.25, 0.3) is 11.8 Å². The number of nitrogens with one attached hydrogen (secondary N) is 2. The molecule has 0 saturated carbocycles. The summed E-state index contributed by atoms with van der Waals surface area (Å²) in [6.07, 6.45) is 0.845. The number of rotatable bonds is 8. The molecule has 1 saturated heterocycles. The normalized spacial score (nSPS) is 15.1. The molecule has 0 aliphatic carbocycles. The average molecular weight is 448 g/mol. The second-order valence-corrected chi connectivity index (χ2v) is 8.20. The van der Waals surface area contributed by atoms with Crippen LogP contribution in [0, 0.1) is 12.8 Å². The number of likely N-dealkylation sites (tertiary alicyclic amines) is 1. The van der Waals surface area contributed by atoms with E-state index >= 15 is 0 Å². The van der Waals surface area contributed by atoms with Crippen LogP contribution in [-0.4, -0.2) is 67.2 Å². The van der Waals surface area contributed by atoms with E-state index < -0.39 is 24.5 Å². The van der Waals surface area contributed by atoms with Gasteiger partial charge in [-0.05, 0) is 44.7 Å². The van der Waals surface area contributed by atoms with E-state index in [-0.39, 0.29) is 24.0 Å². The first kappa shape index (κ1) is 25.2. The van der Waals surface area contributed by atoms with E-state index in [9.17, 15) is 19.2 Å². The third-order valence-electron chi connectivity index (χ3n) is 5.25. The zero-order valence-corrected chi connectivity index (χ0v) is 19.2. The Bertz CT molecular complexity index is 800. The second kappa shape index (κ2) is 12.1. The van der Waals surface area contributed by atoms with Gasteiger partial charge in [0.1, 0.15) is 6.04 Å². The number of piperidine rings is 1. The van der Waals surface area contributed by atoms with Crippen molar-refractivity contribution >= 4 is 23.9 Å². The van der Waals surface area contributed by atoms with Gasteiger partial charge in [0.05, 0.1) is 6.61 Å². The monoisotopic (exact) mass is 447 g/mol. The van der Waals surface area contributed by atoms with E-state index in [0.29, 0.717) is 38.1 Å². The van der Waals surface area contributed by atoms with E-state index in [2.05, 4.69) is 10.6 Å². The number of aryl methyl sites for hydroxylation is 1. The molecule has 2 rings (SSSR count). The number of benzene rings is 1. The molecular formula is C23H33N3O6. The van der Waals surface area contributed by atoms with Crippen molar-refractivity contribution in [3.8, 4) is 0 Å². The van der Waals surface area contributed by atoms with Gasteiger partial charge in [-0.3, -0.25) is 9.59 Å². The number of esters is 1. The fourth-order valence-electron chi connectivity index (χ4n) is 3.34.